The van der Waals surface area contributed by atoms with Crippen LogP contribution in [-0.2, 0) is 6.54 Å². The molecule has 3 aromatic rings. The average Bonchev–Trinajstić information content (AvgIpc) is 3.26. The third-order valence-electron chi connectivity index (χ3n) is 3.21. The Morgan fingerprint density at radius 2 is 2.17 bits per heavy atom. The highest BCUT2D eigenvalue weighted by Crippen LogP contribution is 2.28. The van der Waals surface area contributed by atoms with Crippen molar-refractivity contribution in [2.45, 2.75) is 6.54 Å². The summed E-state index contributed by atoms with van der Waals surface area (Å²) in [5.74, 6) is -0.179. The van der Waals surface area contributed by atoms with Crippen molar-refractivity contribution in [2.24, 2.45) is 0 Å². The Kier molecular flexibility index (Phi) is 5.12. The molecule has 0 saturated heterocycles. The lowest BCUT2D eigenvalue weighted by Crippen LogP contribution is -2.33. The summed E-state index contributed by atoms with van der Waals surface area (Å²) in [6.07, 6.45) is 3.41. The number of pyridine rings is 1. The molecule has 0 fully saturated rings. The molecule has 7 heteroatoms. The lowest BCUT2D eigenvalue weighted by molar-refractivity contribution is 0.0702. The molecule has 0 aliphatic rings. The van der Waals surface area contributed by atoms with Crippen molar-refractivity contribution in [1.82, 2.24) is 14.9 Å². The number of thiazole rings is 1. The van der Waals surface area contributed by atoms with Crippen LogP contribution in [0.4, 0.5) is 0 Å². The molecule has 1 amide bonds. The number of aliphatic hydroxyl groups is 1. The van der Waals surface area contributed by atoms with Crippen LogP contribution >= 0.6 is 22.7 Å². The summed E-state index contributed by atoms with van der Waals surface area (Å²) in [7, 11) is 0. The van der Waals surface area contributed by atoms with Crippen LogP contribution in [0.1, 0.15) is 16.1 Å². The minimum absolute atomic E-state index is 0.0894. The van der Waals surface area contributed by atoms with E-state index in [1.54, 1.807) is 34.0 Å². The maximum absolute atomic E-state index is 12.7. The minimum Gasteiger partial charge on any atom is -0.395 e. The van der Waals surface area contributed by atoms with E-state index < -0.39 is 0 Å². The van der Waals surface area contributed by atoms with Gasteiger partial charge in [0.25, 0.3) is 5.91 Å². The largest absolute Gasteiger partial charge is 0.395 e. The number of nitrogens with zero attached hydrogens (tertiary/aromatic N) is 3. The zero-order valence-corrected chi connectivity index (χ0v) is 13.9. The van der Waals surface area contributed by atoms with Crippen LogP contribution in [0.3, 0.4) is 0 Å². The van der Waals surface area contributed by atoms with Crippen molar-refractivity contribution in [3.8, 4) is 9.88 Å². The standard InChI is InChI=1S/C16H15N3O2S2/c20-7-6-19(10-12-3-1-5-17-9-12)16(21)13-11-23-15(18-13)14-4-2-8-22-14/h1-5,8-9,11,20H,6-7,10H2. The molecule has 1 N–H and O–H groups in total. The SMILES string of the molecule is O=C(c1csc(-c2cccs2)n1)N(CCO)Cc1cccnc1. The van der Waals surface area contributed by atoms with Crippen LogP contribution in [0.15, 0.2) is 47.4 Å². The molecule has 0 radical (unpaired) electrons. The van der Waals surface area contributed by atoms with Gasteiger partial charge in [-0.15, -0.1) is 22.7 Å². The molecular weight excluding hydrogens is 330 g/mol. The maximum Gasteiger partial charge on any atom is 0.273 e. The molecule has 0 aliphatic heterocycles. The highest BCUT2D eigenvalue weighted by molar-refractivity contribution is 7.20. The molecule has 0 aromatic carbocycles. The van der Waals surface area contributed by atoms with Gasteiger partial charge < -0.3 is 10.0 Å². The van der Waals surface area contributed by atoms with Crippen LogP contribution < -0.4 is 0 Å². The molecule has 0 saturated carbocycles. The van der Waals surface area contributed by atoms with E-state index in [9.17, 15) is 9.90 Å². The Morgan fingerprint density at radius 1 is 1.26 bits per heavy atom. The summed E-state index contributed by atoms with van der Waals surface area (Å²) in [6.45, 7) is 0.576. The van der Waals surface area contributed by atoms with E-state index in [4.69, 9.17) is 0 Å². The van der Waals surface area contributed by atoms with E-state index in [0.29, 0.717) is 12.2 Å². The first-order valence-corrected chi connectivity index (χ1v) is 8.82. The molecular formula is C16H15N3O2S2. The molecule has 0 unspecified atom stereocenters. The summed E-state index contributed by atoms with van der Waals surface area (Å²) in [5, 5.41) is 13.8. The Bertz CT molecular complexity index is 757. The van der Waals surface area contributed by atoms with Crippen molar-refractivity contribution < 1.29 is 9.90 Å². The van der Waals surface area contributed by atoms with Crippen LogP contribution in [-0.4, -0.2) is 39.0 Å². The number of hydrogen-bond donors (Lipinski definition) is 1. The first kappa shape index (κ1) is 15.8. The van der Waals surface area contributed by atoms with Crippen LogP contribution in [0.2, 0.25) is 0 Å². The van der Waals surface area contributed by atoms with Gasteiger partial charge in [-0.25, -0.2) is 4.98 Å². The lowest BCUT2D eigenvalue weighted by Gasteiger charge is -2.20. The van der Waals surface area contributed by atoms with Gasteiger partial charge in [0.15, 0.2) is 0 Å². The molecule has 5 nitrogen and oxygen atoms in total. The minimum atomic E-state index is -0.179. The van der Waals surface area contributed by atoms with Gasteiger partial charge in [-0.05, 0) is 23.1 Å². The number of aliphatic hydroxyl groups excluding tert-OH is 1. The third kappa shape index (κ3) is 3.82. The zero-order valence-electron chi connectivity index (χ0n) is 12.3. The average molecular weight is 345 g/mol. The Morgan fingerprint density at radius 3 is 2.87 bits per heavy atom. The fourth-order valence-corrected chi connectivity index (χ4v) is 3.74. The number of carbonyl (C=O) groups is 1. The summed E-state index contributed by atoms with van der Waals surface area (Å²) in [5.41, 5.74) is 1.33. The van der Waals surface area contributed by atoms with Gasteiger partial charge in [-0.1, -0.05) is 12.1 Å². The molecule has 3 aromatic heterocycles. The number of carbonyl (C=O) groups excluding carboxylic acids is 1. The first-order valence-electron chi connectivity index (χ1n) is 7.06. The second-order valence-corrected chi connectivity index (χ2v) is 6.63. The second kappa shape index (κ2) is 7.45. The number of rotatable bonds is 6. The number of hydrogen-bond acceptors (Lipinski definition) is 6. The molecule has 23 heavy (non-hydrogen) atoms. The van der Waals surface area contributed by atoms with Crippen molar-refractivity contribution >= 4 is 28.6 Å². The van der Waals surface area contributed by atoms with Gasteiger partial charge >= 0.3 is 0 Å². The number of thiophene rings is 1. The number of aromatic nitrogens is 2. The van der Waals surface area contributed by atoms with Gasteiger partial charge in [0.2, 0.25) is 0 Å². The third-order valence-corrected chi connectivity index (χ3v) is 5.09. The van der Waals surface area contributed by atoms with Gasteiger partial charge in [0, 0.05) is 30.9 Å². The maximum atomic E-state index is 12.7. The van der Waals surface area contributed by atoms with E-state index in [1.807, 2.05) is 29.6 Å². The fraction of sp³-hybridized carbons (Fsp3) is 0.188. The van der Waals surface area contributed by atoms with E-state index in [1.165, 1.54) is 11.3 Å². The van der Waals surface area contributed by atoms with Gasteiger partial charge in [-0.3, -0.25) is 9.78 Å². The van der Waals surface area contributed by atoms with Crippen molar-refractivity contribution in [3.05, 3.63) is 58.7 Å². The predicted octanol–water partition coefficient (Wildman–Crippen LogP) is 2.90. The Labute approximate surface area is 141 Å². The molecule has 0 atom stereocenters. The summed E-state index contributed by atoms with van der Waals surface area (Å²) < 4.78 is 0. The molecule has 3 heterocycles. The summed E-state index contributed by atoms with van der Waals surface area (Å²) in [6, 6.07) is 7.68. The summed E-state index contributed by atoms with van der Waals surface area (Å²) in [4.78, 5) is 23.8. The molecule has 118 valence electrons. The van der Waals surface area contributed by atoms with Crippen molar-refractivity contribution in [3.63, 3.8) is 0 Å². The lowest BCUT2D eigenvalue weighted by atomic mass is 10.2. The first-order chi connectivity index (χ1) is 11.3. The van der Waals surface area contributed by atoms with Gasteiger partial charge in [0.1, 0.15) is 10.7 Å². The molecule has 0 aliphatic carbocycles. The monoisotopic (exact) mass is 345 g/mol. The normalized spacial score (nSPS) is 10.7. The highest BCUT2D eigenvalue weighted by atomic mass is 32.1. The topological polar surface area (TPSA) is 66.3 Å². The van der Waals surface area contributed by atoms with Gasteiger partial charge in [0.05, 0.1) is 11.5 Å². The smallest absolute Gasteiger partial charge is 0.273 e. The molecule has 0 spiro atoms. The molecule has 3 rings (SSSR count). The zero-order chi connectivity index (χ0) is 16.1. The van der Waals surface area contributed by atoms with E-state index in [-0.39, 0.29) is 19.1 Å². The van der Waals surface area contributed by atoms with Crippen LogP contribution in [0, 0.1) is 0 Å². The highest BCUT2D eigenvalue weighted by Gasteiger charge is 2.19. The van der Waals surface area contributed by atoms with Gasteiger partial charge in [-0.2, -0.15) is 0 Å². The summed E-state index contributed by atoms with van der Waals surface area (Å²) >= 11 is 3.05. The van der Waals surface area contributed by atoms with E-state index in [2.05, 4.69) is 9.97 Å². The van der Waals surface area contributed by atoms with Crippen LogP contribution in [0.5, 0.6) is 0 Å². The fourth-order valence-electron chi connectivity index (χ4n) is 2.13. The quantitative estimate of drug-likeness (QED) is 0.746. The van der Waals surface area contributed by atoms with Crippen molar-refractivity contribution in [2.75, 3.05) is 13.2 Å². The second-order valence-electron chi connectivity index (χ2n) is 4.83. The molecule has 0 bridgehead atoms. The number of amides is 1. The predicted molar refractivity (Wildman–Crippen MR) is 91.5 cm³/mol. The van der Waals surface area contributed by atoms with Crippen molar-refractivity contribution in [1.29, 1.82) is 0 Å². The van der Waals surface area contributed by atoms with E-state index >= 15 is 0 Å². The Balaban J connectivity index is 1.78. The van der Waals surface area contributed by atoms with E-state index in [0.717, 1.165) is 15.4 Å². The Hall–Kier alpha value is -2.09. The van der Waals surface area contributed by atoms with Crippen LogP contribution in [0.25, 0.3) is 9.88 Å².